The molecule has 0 aromatic rings. The fourth-order valence-electron chi connectivity index (χ4n) is 1.52. The number of carboxylic acids is 1. The van der Waals surface area contributed by atoms with Gasteiger partial charge in [-0.15, -0.1) is 11.6 Å². The molecule has 1 unspecified atom stereocenters. The number of hydrogen-bond acceptors (Lipinski definition) is 3. The van der Waals surface area contributed by atoms with Crippen molar-refractivity contribution in [2.24, 2.45) is 5.92 Å². The van der Waals surface area contributed by atoms with Crippen LogP contribution in [0, 0.1) is 5.92 Å². The van der Waals surface area contributed by atoms with Crippen LogP contribution < -0.4 is 0 Å². The van der Waals surface area contributed by atoms with Gasteiger partial charge in [0.25, 0.3) is 0 Å². The second-order valence-electron chi connectivity index (χ2n) is 3.31. The van der Waals surface area contributed by atoms with Crippen molar-refractivity contribution < 1.29 is 19.8 Å². The Bertz CT molecular complexity index is 245. The van der Waals surface area contributed by atoms with Crippen molar-refractivity contribution in [3.05, 3.63) is 0 Å². The third-order valence-corrected chi connectivity index (χ3v) is 2.73. The number of carbonyl (C=O) groups is 2. The first-order valence-corrected chi connectivity index (χ1v) is 4.82. The number of carbonyl (C=O) groups excluding carboxylic acids is 1. The number of alkyl halides is 1. The quantitative estimate of drug-likeness (QED) is 0.629. The topological polar surface area (TPSA) is 77.8 Å². The van der Waals surface area contributed by atoms with E-state index in [1.165, 1.54) is 4.90 Å². The highest BCUT2D eigenvalue weighted by Gasteiger charge is 2.36. The molecule has 1 heterocycles. The van der Waals surface area contributed by atoms with Gasteiger partial charge in [0.15, 0.2) is 6.04 Å². The average Bonchev–Trinajstić information content (AvgIpc) is 2.48. The van der Waals surface area contributed by atoms with E-state index >= 15 is 0 Å². The van der Waals surface area contributed by atoms with Crippen molar-refractivity contribution >= 4 is 23.5 Å². The molecule has 1 amide bonds. The molecule has 0 aromatic carbocycles. The van der Waals surface area contributed by atoms with Crippen molar-refractivity contribution in [3.63, 3.8) is 0 Å². The Labute approximate surface area is 86.3 Å². The highest BCUT2D eigenvalue weighted by atomic mass is 35.5. The third kappa shape index (κ3) is 2.16. The highest BCUT2D eigenvalue weighted by Crippen LogP contribution is 2.21. The van der Waals surface area contributed by atoms with Crippen molar-refractivity contribution in [1.29, 1.82) is 0 Å². The molecule has 1 aliphatic rings. The van der Waals surface area contributed by atoms with Crippen LogP contribution in [0.25, 0.3) is 0 Å². The monoisotopic (exact) mass is 221 g/mol. The number of nitrogens with zero attached hydrogens (tertiary/aromatic N) is 1. The normalized spacial score (nSPS) is 24.0. The zero-order chi connectivity index (χ0) is 10.7. The number of hydrogen-bond donors (Lipinski definition) is 2. The molecule has 14 heavy (non-hydrogen) atoms. The van der Waals surface area contributed by atoms with Crippen LogP contribution in [-0.4, -0.2) is 52.1 Å². The summed E-state index contributed by atoms with van der Waals surface area (Å²) in [6.45, 7) is -0.240. The first-order valence-electron chi connectivity index (χ1n) is 4.29. The van der Waals surface area contributed by atoms with E-state index in [1.54, 1.807) is 0 Å². The molecular weight excluding hydrogens is 210 g/mol. The Morgan fingerprint density at radius 1 is 1.71 bits per heavy atom. The third-order valence-electron chi connectivity index (χ3n) is 2.29. The van der Waals surface area contributed by atoms with Crippen molar-refractivity contribution in [2.45, 2.75) is 12.5 Å². The van der Waals surface area contributed by atoms with Gasteiger partial charge in [0.2, 0.25) is 5.91 Å². The van der Waals surface area contributed by atoms with Gasteiger partial charge in [-0.1, -0.05) is 0 Å². The van der Waals surface area contributed by atoms with Gasteiger partial charge in [-0.2, -0.15) is 0 Å². The molecule has 1 saturated heterocycles. The predicted octanol–water partition coefficient (Wildman–Crippen LogP) is -0.481. The zero-order valence-electron chi connectivity index (χ0n) is 7.52. The van der Waals surface area contributed by atoms with Crippen LogP contribution in [0.15, 0.2) is 0 Å². The van der Waals surface area contributed by atoms with Crippen LogP contribution in [0.4, 0.5) is 0 Å². The molecule has 0 spiro atoms. The second-order valence-corrected chi connectivity index (χ2v) is 3.62. The Morgan fingerprint density at radius 2 is 2.36 bits per heavy atom. The zero-order valence-corrected chi connectivity index (χ0v) is 8.28. The second kappa shape index (κ2) is 4.61. The fourth-order valence-corrected chi connectivity index (χ4v) is 1.73. The lowest BCUT2D eigenvalue weighted by molar-refractivity contribution is -0.150. The molecule has 0 radical (unpaired) electrons. The number of halogens is 1. The van der Waals surface area contributed by atoms with E-state index in [1.807, 2.05) is 0 Å². The number of rotatable bonds is 4. The van der Waals surface area contributed by atoms with Gasteiger partial charge in [0.1, 0.15) is 0 Å². The lowest BCUT2D eigenvalue weighted by atomic mass is 10.1. The van der Waals surface area contributed by atoms with E-state index < -0.39 is 18.6 Å². The maximum Gasteiger partial charge on any atom is 0.328 e. The number of aliphatic carboxylic acids is 1. The maximum absolute atomic E-state index is 11.3. The lowest BCUT2D eigenvalue weighted by Crippen LogP contribution is -2.44. The number of likely N-dealkylation sites (tertiary alicyclic amines) is 1. The van der Waals surface area contributed by atoms with E-state index in [0.29, 0.717) is 12.4 Å². The standard InChI is InChI=1S/C8H12ClNO4/c9-2-5-1-7(12)10(3-5)6(4-11)8(13)14/h5-6,11H,1-4H2,(H,13,14)/t5?,6-/m0/s1. The van der Waals surface area contributed by atoms with Crippen LogP contribution in [-0.2, 0) is 9.59 Å². The SMILES string of the molecule is O=C(O)[C@H](CO)N1CC(CCl)CC1=O. The Kier molecular flexibility index (Phi) is 3.71. The Morgan fingerprint density at radius 3 is 2.71 bits per heavy atom. The molecule has 0 aromatic heterocycles. The molecule has 0 aliphatic carbocycles. The summed E-state index contributed by atoms with van der Waals surface area (Å²) in [6, 6.07) is -1.13. The fraction of sp³-hybridized carbons (Fsp3) is 0.750. The van der Waals surface area contributed by atoms with Crippen molar-refractivity contribution in [2.75, 3.05) is 19.0 Å². The summed E-state index contributed by atoms with van der Waals surface area (Å²) in [7, 11) is 0. The average molecular weight is 222 g/mol. The molecular formula is C8H12ClNO4. The van der Waals surface area contributed by atoms with Crippen LogP contribution in [0.3, 0.4) is 0 Å². The summed E-state index contributed by atoms with van der Waals surface area (Å²) in [4.78, 5) is 23.2. The molecule has 2 N–H and O–H groups in total. The molecule has 0 bridgehead atoms. The molecule has 0 saturated carbocycles. The van der Waals surface area contributed by atoms with E-state index in [0.717, 1.165) is 0 Å². The molecule has 80 valence electrons. The summed E-state index contributed by atoms with van der Waals surface area (Å²) in [6.07, 6.45) is 0.271. The van der Waals surface area contributed by atoms with Gasteiger partial charge in [-0.25, -0.2) is 4.79 Å². The smallest absolute Gasteiger partial charge is 0.328 e. The van der Waals surface area contributed by atoms with E-state index in [2.05, 4.69) is 0 Å². The van der Waals surface area contributed by atoms with E-state index in [4.69, 9.17) is 21.8 Å². The van der Waals surface area contributed by atoms with Gasteiger partial charge in [0.05, 0.1) is 6.61 Å². The summed E-state index contributed by atoms with van der Waals surface area (Å²) in [5.41, 5.74) is 0. The molecule has 6 heteroatoms. The maximum atomic E-state index is 11.3. The lowest BCUT2D eigenvalue weighted by Gasteiger charge is -2.22. The Balaban J connectivity index is 2.68. The number of amides is 1. The first kappa shape index (κ1) is 11.3. The van der Waals surface area contributed by atoms with Crippen LogP contribution >= 0.6 is 11.6 Å². The van der Waals surface area contributed by atoms with Crippen LogP contribution in [0.5, 0.6) is 0 Å². The van der Waals surface area contributed by atoms with Crippen molar-refractivity contribution in [1.82, 2.24) is 4.90 Å². The molecule has 5 nitrogen and oxygen atoms in total. The van der Waals surface area contributed by atoms with Gasteiger partial charge in [0, 0.05) is 18.8 Å². The van der Waals surface area contributed by atoms with Crippen molar-refractivity contribution in [3.8, 4) is 0 Å². The minimum Gasteiger partial charge on any atom is -0.480 e. The van der Waals surface area contributed by atoms with Crippen LogP contribution in [0.2, 0.25) is 0 Å². The Hall–Kier alpha value is -0.810. The van der Waals surface area contributed by atoms with E-state index in [-0.39, 0.29) is 18.2 Å². The minimum atomic E-state index is -1.18. The molecule has 1 fully saturated rings. The highest BCUT2D eigenvalue weighted by molar-refractivity contribution is 6.18. The predicted molar refractivity (Wildman–Crippen MR) is 49.0 cm³/mol. The number of aliphatic hydroxyl groups excluding tert-OH is 1. The first-order chi connectivity index (χ1) is 6.60. The van der Waals surface area contributed by atoms with E-state index in [9.17, 15) is 9.59 Å². The van der Waals surface area contributed by atoms with Gasteiger partial charge < -0.3 is 15.1 Å². The minimum absolute atomic E-state index is 0.00225. The van der Waals surface area contributed by atoms with Gasteiger partial charge in [-0.05, 0) is 5.92 Å². The number of aliphatic hydroxyl groups is 1. The molecule has 2 atom stereocenters. The largest absolute Gasteiger partial charge is 0.480 e. The molecule has 1 rings (SSSR count). The number of carboxylic acid groups (broad SMARTS) is 1. The summed E-state index contributed by atoms with van der Waals surface area (Å²) >= 11 is 5.58. The van der Waals surface area contributed by atoms with Crippen LogP contribution in [0.1, 0.15) is 6.42 Å². The van der Waals surface area contributed by atoms with Gasteiger partial charge >= 0.3 is 5.97 Å². The summed E-state index contributed by atoms with van der Waals surface area (Å²) < 4.78 is 0. The summed E-state index contributed by atoms with van der Waals surface area (Å²) in [5.74, 6) is -1.11. The molecule has 1 aliphatic heterocycles. The van der Waals surface area contributed by atoms with Gasteiger partial charge in [-0.3, -0.25) is 4.79 Å². The summed E-state index contributed by atoms with van der Waals surface area (Å²) in [5, 5.41) is 17.5.